The summed E-state index contributed by atoms with van der Waals surface area (Å²) in [5, 5.41) is 4.70. The molecule has 0 saturated carbocycles. The zero-order chi connectivity index (χ0) is 43.9. The molecule has 1 aliphatic carbocycles. The molecule has 0 atom stereocenters. The van der Waals surface area contributed by atoms with Gasteiger partial charge in [0.15, 0.2) is 0 Å². The maximum atomic E-state index is 6.19. The second-order valence-electron chi connectivity index (χ2n) is 18.1. The predicted octanol–water partition coefficient (Wildman–Crippen LogP) is 17.5. The Labute approximate surface area is 384 Å². The number of para-hydroxylation sites is 2. The van der Waals surface area contributed by atoms with E-state index in [9.17, 15) is 0 Å². The number of rotatable bonds is 7. The third kappa shape index (κ3) is 6.04. The molecule has 0 bridgehead atoms. The molecule has 10 aromatic carbocycles. The molecule has 0 saturated heterocycles. The van der Waals surface area contributed by atoms with Crippen LogP contribution in [0, 0.1) is 0 Å². The van der Waals surface area contributed by atoms with Gasteiger partial charge in [0.1, 0.15) is 11.2 Å². The van der Waals surface area contributed by atoms with Crippen LogP contribution < -0.4 is 4.90 Å². The van der Waals surface area contributed by atoms with E-state index in [4.69, 9.17) is 4.42 Å². The van der Waals surface area contributed by atoms with E-state index in [1.54, 1.807) is 0 Å². The lowest BCUT2D eigenvalue weighted by atomic mass is 9.82. The first-order chi connectivity index (χ1) is 32.5. The number of aromatic nitrogens is 1. The highest BCUT2D eigenvalue weighted by Crippen LogP contribution is 2.51. The molecule has 312 valence electrons. The molecule has 2 heterocycles. The molecule has 0 N–H and O–H groups in total. The number of anilines is 3. The Hall–Kier alpha value is -8.40. The largest absolute Gasteiger partial charge is 0.456 e. The molecule has 0 amide bonds. The van der Waals surface area contributed by atoms with E-state index >= 15 is 0 Å². The number of nitrogens with zero attached hydrogens (tertiary/aromatic N) is 2. The topological polar surface area (TPSA) is 21.3 Å². The molecule has 2 aromatic heterocycles. The van der Waals surface area contributed by atoms with Crippen LogP contribution in [0.25, 0.3) is 93.9 Å². The van der Waals surface area contributed by atoms with Gasteiger partial charge in [0.2, 0.25) is 0 Å². The van der Waals surface area contributed by atoms with Gasteiger partial charge in [0, 0.05) is 49.7 Å². The maximum absolute atomic E-state index is 6.19. The van der Waals surface area contributed by atoms with Crippen molar-refractivity contribution in [2.45, 2.75) is 19.3 Å². The van der Waals surface area contributed by atoms with Crippen LogP contribution in [0.4, 0.5) is 17.1 Å². The lowest BCUT2D eigenvalue weighted by molar-refractivity contribution is 0.660. The van der Waals surface area contributed by atoms with Gasteiger partial charge in [-0.1, -0.05) is 153 Å². The molecule has 66 heavy (non-hydrogen) atoms. The van der Waals surface area contributed by atoms with Gasteiger partial charge in [-0.15, -0.1) is 0 Å². The van der Waals surface area contributed by atoms with Gasteiger partial charge in [0.05, 0.1) is 11.0 Å². The summed E-state index contributed by atoms with van der Waals surface area (Å²) in [4.78, 5) is 2.40. The summed E-state index contributed by atoms with van der Waals surface area (Å²) in [6.07, 6.45) is 0. The summed E-state index contributed by atoms with van der Waals surface area (Å²) in [6.45, 7) is 4.71. The van der Waals surface area contributed by atoms with Crippen molar-refractivity contribution in [2.75, 3.05) is 4.90 Å². The van der Waals surface area contributed by atoms with E-state index in [2.05, 4.69) is 242 Å². The Kier molecular flexibility index (Phi) is 8.56. The summed E-state index contributed by atoms with van der Waals surface area (Å²) < 4.78 is 8.59. The van der Waals surface area contributed by atoms with Crippen molar-refractivity contribution in [1.29, 1.82) is 0 Å². The van der Waals surface area contributed by atoms with Crippen LogP contribution in [0.2, 0.25) is 0 Å². The zero-order valence-electron chi connectivity index (χ0n) is 36.7. The summed E-state index contributed by atoms with van der Waals surface area (Å²) in [7, 11) is 0. The summed E-state index contributed by atoms with van der Waals surface area (Å²) in [5.41, 5.74) is 21.0. The molecule has 0 unspecified atom stereocenters. The minimum atomic E-state index is -0.111. The van der Waals surface area contributed by atoms with E-state index in [-0.39, 0.29) is 5.41 Å². The number of fused-ring (bicyclic) bond motifs is 9. The molecule has 13 rings (SSSR count). The molecule has 12 aromatic rings. The molecule has 0 aliphatic heterocycles. The molecule has 0 spiro atoms. The Morgan fingerprint density at radius 3 is 1.53 bits per heavy atom. The van der Waals surface area contributed by atoms with Gasteiger partial charge in [-0.2, -0.15) is 0 Å². The second-order valence-corrected chi connectivity index (χ2v) is 18.1. The fourth-order valence-electron chi connectivity index (χ4n) is 10.7. The summed E-state index contributed by atoms with van der Waals surface area (Å²) >= 11 is 0. The standard InChI is InChI=1S/C63H44N2O/c1-63(2)57-19-11-9-17-51(57)52-33-32-50(40-58(52)63)64(48-28-21-42(22-29-48)41-13-5-3-6-14-41)49-30-23-43(24-31-49)44-25-34-59-54(37-44)55-38-45(26-35-60(55)65(59)47-15-7-4-8-16-47)46-27-36-62-56(39-46)53-18-10-12-20-61(53)66-62/h3-40H,1-2H3. The van der Waals surface area contributed by atoms with E-state index in [1.807, 2.05) is 12.1 Å². The first-order valence-electron chi connectivity index (χ1n) is 22.8. The van der Waals surface area contributed by atoms with Gasteiger partial charge in [-0.05, 0) is 147 Å². The van der Waals surface area contributed by atoms with Gasteiger partial charge in [0.25, 0.3) is 0 Å². The molecule has 0 fully saturated rings. The zero-order valence-corrected chi connectivity index (χ0v) is 36.7. The average Bonchev–Trinajstić information content (AvgIpc) is 3.99. The normalized spacial score (nSPS) is 12.8. The third-order valence-corrected chi connectivity index (χ3v) is 14.0. The fourth-order valence-corrected chi connectivity index (χ4v) is 10.7. The Bertz CT molecular complexity index is 3820. The van der Waals surface area contributed by atoms with Gasteiger partial charge < -0.3 is 13.9 Å². The number of hydrogen-bond donors (Lipinski definition) is 0. The van der Waals surface area contributed by atoms with Crippen LogP contribution >= 0.6 is 0 Å². The van der Waals surface area contributed by atoms with Crippen molar-refractivity contribution in [3.8, 4) is 50.2 Å². The van der Waals surface area contributed by atoms with Crippen LogP contribution in [0.5, 0.6) is 0 Å². The lowest BCUT2D eigenvalue weighted by Crippen LogP contribution is -2.16. The van der Waals surface area contributed by atoms with Crippen molar-refractivity contribution in [1.82, 2.24) is 4.57 Å². The van der Waals surface area contributed by atoms with Crippen LogP contribution in [0.3, 0.4) is 0 Å². The monoisotopic (exact) mass is 844 g/mol. The third-order valence-electron chi connectivity index (χ3n) is 14.0. The SMILES string of the molecule is CC1(C)c2ccccc2-c2ccc(N(c3ccc(-c4ccccc4)cc3)c3ccc(-c4ccc5c(c4)c4cc(-c6ccc7oc8ccccc8c7c6)ccc4n5-c4ccccc4)cc3)cc21. The Morgan fingerprint density at radius 2 is 0.833 bits per heavy atom. The number of hydrogen-bond acceptors (Lipinski definition) is 2. The first-order valence-corrected chi connectivity index (χ1v) is 22.8. The van der Waals surface area contributed by atoms with Crippen molar-refractivity contribution >= 4 is 60.8 Å². The minimum Gasteiger partial charge on any atom is -0.456 e. The first kappa shape index (κ1) is 38.1. The van der Waals surface area contributed by atoms with Crippen LogP contribution in [0.1, 0.15) is 25.0 Å². The second kappa shape index (κ2) is 14.8. The summed E-state index contributed by atoms with van der Waals surface area (Å²) in [6, 6.07) is 84.0. The molecule has 0 radical (unpaired) electrons. The van der Waals surface area contributed by atoms with Crippen LogP contribution in [0.15, 0.2) is 235 Å². The van der Waals surface area contributed by atoms with Crippen molar-refractivity contribution < 1.29 is 4.42 Å². The van der Waals surface area contributed by atoms with E-state index < -0.39 is 0 Å². The van der Waals surface area contributed by atoms with E-state index in [0.29, 0.717) is 0 Å². The quantitative estimate of drug-likeness (QED) is 0.159. The highest BCUT2D eigenvalue weighted by atomic mass is 16.3. The van der Waals surface area contributed by atoms with Crippen molar-refractivity contribution in [3.63, 3.8) is 0 Å². The predicted molar refractivity (Wildman–Crippen MR) is 277 cm³/mol. The number of benzene rings is 10. The minimum absolute atomic E-state index is 0.111. The fraction of sp³-hybridized carbons (Fsp3) is 0.0476. The highest BCUT2D eigenvalue weighted by molar-refractivity contribution is 6.12. The van der Waals surface area contributed by atoms with E-state index in [1.165, 1.54) is 77.4 Å². The molecule has 3 heteroatoms. The molecular weight excluding hydrogens is 801 g/mol. The van der Waals surface area contributed by atoms with Gasteiger partial charge in [-0.3, -0.25) is 0 Å². The van der Waals surface area contributed by atoms with Crippen LogP contribution in [-0.2, 0) is 5.41 Å². The molecule has 1 aliphatic rings. The lowest BCUT2D eigenvalue weighted by Gasteiger charge is -2.28. The van der Waals surface area contributed by atoms with Gasteiger partial charge in [-0.25, -0.2) is 0 Å². The van der Waals surface area contributed by atoms with Crippen molar-refractivity contribution in [3.05, 3.63) is 242 Å². The maximum Gasteiger partial charge on any atom is 0.135 e. The van der Waals surface area contributed by atoms with Gasteiger partial charge >= 0.3 is 0 Å². The van der Waals surface area contributed by atoms with Crippen molar-refractivity contribution in [2.24, 2.45) is 0 Å². The highest BCUT2D eigenvalue weighted by Gasteiger charge is 2.35. The smallest absolute Gasteiger partial charge is 0.135 e. The molecule has 3 nitrogen and oxygen atoms in total. The van der Waals surface area contributed by atoms with Crippen LogP contribution in [-0.4, -0.2) is 4.57 Å². The summed E-state index contributed by atoms with van der Waals surface area (Å²) in [5.74, 6) is 0. The van der Waals surface area contributed by atoms with E-state index in [0.717, 1.165) is 44.7 Å². The Balaban J connectivity index is 0.920. The number of furan rings is 1. The molecular formula is C63H44N2O. The Morgan fingerprint density at radius 1 is 0.348 bits per heavy atom. The average molecular weight is 845 g/mol.